The fourth-order valence-corrected chi connectivity index (χ4v) is 2.01. The van der Waals surface area contributed by atoms with Crippen LogP contribution < -0.4 is 0 Å². The standard InChI is InChI=1S/C10H10BrNO.C2H6/c1-2-12-6-7-5-8(11)3-4-9(7)10(12)13;1-2/h3-5H,2,6H2,1H3;1-2H3. The molecule has 1 heterocycles. The van der Waals surface area contributed by atoms with E-state index in [2.05, 4.69) is 15.9 Å². The molecule has 0 spiro atoms. The lowest BCUT2D eigenvalue weighted by Gasteiger charge is -2.10. The summed E-state index contributed by atoms with van der Waals surface area (Å²) in [6, 6.07) is 5.82. The lowest BCUT2D eigenvalue weighted by molar-refractivity contribution is 0.0787. The zero-order valence-corrected chi connectivity index (χ0v) is 11.0. The van der Waals surface area contributed by atoms with Gasteiger partial charge in [-0.1, -0.05) is 29.8 Å². The van der Waals surface area contributed by atoms with Gasteiger partial charge in [-0.15, -0.1) is 0 Å². The third-order valence-electron chi connectivity index (χ3n) is 2.33. The van der Waals surface area contributed by atoms with Crippen LogP contribution in [0.3, 0.4) is 0 Å². The molecule has 82 valence electrons. The van der Waals surface area contributed by atoms with Crippen LogP contribution in [0.25, 0.3) is 0 Å². The highest BCUT2D eigenvalue weighted by molar-refractivity contribution is 9.10. The molecule has 0 unspecified atom stereocenters. The second-order valence-corrected chi connectivity index (χ2v) is 4.04. The smallest absolute Gasteiger partial charge is 0.254 e. The minimum Gasteiger partial charge on any atom is -0.335 e. The molecule has 0 aromatic heterocycles. The van der Waals surface area contributed by atoms with Crippen molar-refractivity contribution >= 4 is 21.8 Å². The SMILES string of the molecule is CC.CCN1Cc2cc(Br)ccc2C1=O. The Balaban J connectivity index is 0.000000531. The topological polar surface area (TPSA) is 20.3 Å². The predicted molar refractivity (Wildman–Crippen MR) is 65.9 cm³/mol. The summed E-state index contributed by atoms with van der Waals surface area (Å²) in [7, 11) is 0. The number of amides is 1. The summed E-state index contributed by atoms with van der Waals surface area (Å²) in [6.07, 6.45) is 0. The molecule has 0 saturated heterocycles. The van der Waals surface area contributed by atoms with E-state index in [1.54, 1.807) is 0 Å². The van der Waals surface area contributed by atoms with Crippen LogP contribution >= 0.6 is 15.9 Å². The summed E-state index contributed by atoms with van der Waals surface area (Å²) in [6.45, 7) is 7.54. The first-order chi connectivity index (χ1) is 7.22. The maximum atomic E-state index is 11.6. The molecule has 0 N–H and O–H groups in total. The van der Waals surface area contributed by atoms with E-state index in [4.69, 9.17) is 0 Å². The second kappa shape index (κ2) is 5.31. The van der Waals surface area contributed by atoms with Gasteiger partial charge in [-0.2, -0.15) is 0 Å². The van der Waals surface area contributed by atoms with E-state index in [0.717, 1.165) is 28.7 Å². The first-order valence-electron chi connectivity index (χ1n) is 5.30. The van der Waals surface area contributed by atoms with Crippen LogP contribution in [0.15, 0.2) is 22.7 Å². The van der Waals surface area contributed by atoms with Crippen molar-refractivity contribution in [3.8, 4) is 0 Å². The Morgan fingerprint density at radius 1 is 1.40 bits per heavy atom. The van der Waals surface area contributed by atoms with E-state index in [-0.39, 0.29) is 5.91 Å². The van der Waals surface area contributed by atoms with Gasteiger partial charge in [-0.05, 0) is 30.7 Å². The highest BCUT2D eigenvalue weighted by Gasteiger charge is 2.25. The highest BCUT2D eigenvalue weighted by Crippen LogP contribution is 2.25. The van der Waals surface area contributed by atoms with Crippen molar-refractivity contribution in [1.29, 1.82) is 0 Å². The maximum Gasteiger partial charge on any atom is 0.254 e. The zero-order valence-electron chi connectivity index (χ0n) is 9.38. The van der Waals surface area contributed by atoms with Crippen molar-refractivity contribution in [1.82, 2.24) is 4.90 Å². The molecule has 0 bridgehead atoms. The number of hydrogen-bond donors (Lipinski definition) is 0. The highest BCUT2D eigenvalue weighted by atomic mass is 79.9. The molecule has 3 heteroatoms. The molecular weight excluding hydrogens is 254 g/mol. The van der Waals surface area contributed by atoms with Gasteiger partial charge < -0.3 is 4.90 Å². The molecule has 1 aliphatic rings. The van der Waals surface area contributed by atoms with Crippen LogP contribution in [0, 0.1) is 0 Å². The van der Waals surface area contributed by atoms with E-state index < -0.39 is 0 Å². The number of carbonyl (C=O) groups excluding carboxylic acids is 1. The Morgan fingerprint density at radius 3 is 2.67 bits per heavy atom. The fourth-order valence-electron chi connectivity index (χ4n) is 1.60. The average Bonchev–Trinajstić information content (AvgIpc) is 2.58. The average molecular weight is 270 g/mol. The Kier molecular flexibility index (Phi) is 4.33. The minimum atomic E-state index is 0.157. The quantitative estimate of drug-likeness (QED) is 0.765. The van der Waals surface area contributed by atoms with Crippen molar-refractivity contribution < 1.29 is 4.79 Å². The zero-order chi connectivity index (χ0) is 11.4. The number of carbonyl (C=O) groups is 1. The Morgan fingerprint density at radius 2 is 2.07 bits per heavy atom. The molecule has 1 amide bonds. The van der Waals surface area contributed by atoms with E-state index in [9.17, 15) is 4.79 Å². The van der Waals surface area contributed by atoms with Crippen LogP contribution in [-0.4, -0.2) is 17.4 Å². The number of fused-ring (bicyclic) bond motifs is 1. The number of hydrogen-bond acceptors (Lipinski definition) is 1. The maximum absolute atomic E-state index is 11.6. The Bertz CT molecular complexity index is 363. The molecule has 1 aromatic rings. The summed E-state index contributed by atoms with van der Waals surface area (Å²) in [5, 5.41) is 0. The Labute approximate surface area is 99.4 Å². The van der Waals surface area contributed by atoms with Gasteiger partial charge in [0.15, 0.2) is 0 Å². The molecule has 0 radical (unpaired) electrons. The van der Waals surface area contributed by atoms with Crippen LogP contribution in [0.1, 0.15) is 36.7 Å². The third-order valence-corrected chi connectivity index (χ3v) is 2.82. The van der Waals surface area contributed by atoms with Crippen LogP contribution in [0.2, 0.25) is 0 Å². The minimum absolute atomic E-state index is 0.157. The number of benzene rings is 1. The van der Waals surface area contributed by atoms with Crippen LogP contribution in [0.5, 0.6) is 0 Å². The molecule has 0 aliphatic carbocycles. The molecule has 0 saturated carbocycles. The molecule has 2 rings (SSSR count). The van der Waals surface area contributed by atoms with E-state index >= 15 is 0 Å². The monoisotopic (exact) mass is 269 g/mol. The molecule has 0 atom stereocenters. The number of nitrogens with zero attached hydrogens (tertiary/aromatic N) is 1. The van der Waals surface area contributed by atoms with Gasteiger partial charge >= 0.3 is 0 Å². The summed E-state index contributed by atoms with van der Waals surface area (Å²) in [5.41, 5.74) is 1.98. The van der Waals surface area contributed by atoms with E-state index in [0.29, 0.717) is 0 Å². The number of rotatable bonds is 1. The molecular formula is C12H16BrNO. The Hall–Kier alpha value is -0.830. The predicted octanol–water partition coefficient (Wildman–Crippen LogP) is 3.45. The molecule has 1 aromatic carbocycles. The van der Waals surface area contributed by atoms with Crippen molar-refractivity contribution in [2.45, 2.75) is 27.3 Å². The lowest BCUT2D eigenvalue weighted by atomic mass is 10.1. The van der Waals surface area contributed by atoms with Gasteiger partial charge in [0.1, 0.15) is 0 Å². The van der Waals surface area contributed by atoms with Gasteiger partial charge in [-0.3, -0.25) is 4.79 Å². The van der Waals surface area contributed by atoms with Gasteiger partial charge in [0.25, 0.3) is 5.91 Å². The molecule has 15 heavy (non-hydrogen) atoms. The molecule has 0 fully saturated rings. The largest absolute Gasteiger partial charge is 0.335 e. The van der Waals surface area contributed by atoms with Crippen molar-refractivity contribution in [3.05, 3.63) is 33.8 Å². The summed E-state index contributed by atoms with van der Waals surface area (Å²) < 4.78 is 1.04. The van der Waals surface area contributed by atoms with Crippen LogP contribution in [-0.2, 0) is 6.54 Å². The third kappa shape index (κ3) is 2.40. The second-order valence-electron chi connectivity index (χ2n) is 3.12. The van der Waals surface area contributed by atoms with Gasteiger partial charge in [0.2, 0.25) is 0 Å². The summed E-state index contributed by atoms with van der Waals surface area (Å²) in [5.74, 6) is 0.157. The number of halogens is 1. The van der Waals surface area contributed by atoms with Gasteiger partial charge in [0, 0.05) is 23.1 Å². The van der Waals surface area contributed by atoms with Crippen molar-refractivity contribution in [3.63, 3.8) is 0 Å². The normalized spacial score (nSPS) is 13.3. The van der Waals surface area contributed by atoms with E-state index in [1.165, 1.54) is 0 Å². The molecule has 2 nitrogen and oxygen atoms in total. The van der Waals surface area contributed by atoms with Crippen molar-refractivity contribution in [2.24, 2.45) is 0 Å². The van der Waals surface area contributed by atoms with E-state index in [1.807, 2.05) is 43.9 Å². The van der Waals surface area contributed by atoms with Crippen LogP contribution in [0.4, 0.5) is 0 Å². The fraction of sp³-hybridized carbons (Fsp3) is 0.417. The lowest BCUT2D eigenvalue weighted by Crippen LogP contribution is -2.22. The summed E-state index contributed by atoms with van der Waals surface area (Å²) >= 11 is 3.40. The van der Waals surface area contributed by atoms with Crippen molar-refractivity contribution in [2.75, 3.05) is 6.54 Å². The summed E-state index contributed by atoms with van der Waals surface area (Å²) in [4.78, 5) is 13.5. The first-order valence-corrected chi connectivity index (χ1v) is 6.09. The molecule has 1 aliphatic heterocycles. The van der Waals surface area contributed by atoms with Gasteiger partial charge in [0.05, 0.1) is 0 Å². The van der Waals surface area contributed by atoms with Gasteiger partial charge in [-0.25, -0.2) is 0 Å². The first kappa shape index (κ1) is 12.2.